The highest BCUT2D eigenvalue weighted by molar-refractivity contribution is 5.33. The number of fused-ring (bicyclic) bond motifs is 1. The van der Waals surface area contributed by atoms with E-state index in [1.807, 2.05) is 30.1 Å². The molecule has 94 valence electrons. The molecule has 0 saturated carbocycles. The Hall–Kier alpha value is -1.81. The Labute approximate surface area is 107 Å². The zero-order valence-corrected chi connectivity index (χ0v) is 10.5. The third-order valence-electron chi connectivity index (χ3n) is 3.34. The Morgan fingerprint density at radius 3 is 3.00 bits per heavy atom. The van der Waals surface area contributed by atoms with E-state index in [4.69, 9.17) is 4.74 Å². The molecule has 1 aromatic heterocycles. The van der Waals surface area contributed by atoms with Gasteiger partial charge in [-0.15, -0.1) is 0 Å². The lowest BCUT2D eigenvalue weighted by Crippen LogP contribution is -2.26. The molecule has 18 heavy (non-hydrogen) atoms. The minimum Gasteiger partial charge on any atom is -0.492 e. The minimum absolute atomic E-state index is 0.745. The number of rotatable bonds is 2. The highest BCUT2D eigenvalue weighted by Gasteiger charge is 2.15. The molecule has 0 spiro atoms. The first kappa shape index (κ1) is 11.3. The first-order valence-electron chi connectivity index (χ1n) is 6.23. The minimum atomic E-state index is 0.745. The molecule has 0 radical (unpaired) electrons. The summed E-state index contributed by atoms with van der Waals surface area (Å²) in [6.45, 7) is 3.53. The Bertz CT molecular complexity index is 535. The number of para-hydroxylation sites is 1. The Morgan fingerprint density at radius 2 is 2.17 bits per heavy atom. The second kappa shape index (κ2) is 4.82. The van der Waals surface area contributed by atoms with E-state index in [1.54, 1.807) is 0 Å². The van der Waals surface area contributed by atoms with Gasteiger partial charge in [0.15, 0.2) is 0 Å². The average molecular weight is 243 g/mol. The van der Waals surface area contributed by atoms with Crippen LogP contribution < -0.4 is 4.74 Å². The van der Waals surface area contributed by atoms with Crippen LogP contribution in [0.2, 0.25) is 0 Å². The van der Waals surface area contributed by atoms with Crippen molar-refractivity contribution in [2.24, 2.45) is 7.05 Å². The molecule has 4 nitrogen and oxygen atoms in total. The highest BCUT2D eigenvalue weighted by atomic mass is 16.5. The molecule has 0 aliphatic carbocycles. The summed E-state index contributed by atoms with van der Waals surface area (Å²) in [6.07, 6.45) is 1.84. The van der Waals surface area contributed by atoms with Gasteiger partial charge in [0, 0.05) is 38.4 Å². The zero-order chi connectivity index (χ0) is 12.4. The van der Waals surface area contributed by atoms with Gasteiger partial charge < -0.3 is 4.74 Å². The van der Waals surface area contributed by atoms with Gasteiger partial charge >= 0.3 is 0 Å². The average Bonchev–Trinajstić information content (AvgIpc) is 2.66. The number of hydrogen-bond acceptors (Lipinski definition) is 3. The lowest BCUT2D eigenvalue weighted by molar-refractivity contribution is 0.215. The van der Waals surface area contributed by atoms with Crippen LogP contribution in [0.5, 0.6) is 5.75 Å². The predicted molar refractivity (Wildman–Crippen MR) is 69.3 cm³/mol. The summed E-state index contributed by atoms with van der Waals surface area (Å²) in [5.41, 5.74) is 2.49. The predicted octanol–water partition coefficient (Wildman–Crippen LogP) is 1.81. The third-order valence-corrected chi connectivity index (χ3v) is 3.34. The van der Waals surface area contributed by atoms with Crippen molar-refractivity contribution in [2.75, 3.05) is 13.2 Å². The van der Waals surface area contributed by atoms with E-state index < -0.39 is 0 Å². The normalized spacial score (nSPS) is 15.8. The van der Waals surface area contributed by atoms with E-state index in [0.717, 1.165) is 32.0 Å². The number of ether oxygens (including phenoxy) is 1. The maximum Gasteiger partial charge on any atom is 0.123 e. The molecule has 0 atom stereocenters. The molecular formula is C14H17N3O. The monoisotopic (exact) mass is 243 g/mol. The molecule has 2 heterocycles. The lowest BCUT2D eigenvalue weighted by Gasteiger charge is -2.19. The Morgan fingerprint density at radius 1 is 1.28 bits per heavy atom. The quantitative estimate of drug-likeness (QED) is 0.806. The highest BCUT2D eigenvalue weighted by Crippen LogP contribution is 2.23. The van der Waals surface area contributed by atoms with Crippen LogP contribution in [0.4, 0.5) is 0 Å². The summed E-state index contributed by atoms with van der Waals surface area (Å²) in [7, 11) is 1.98. The van der Waals surface area contributed by atoms with Crippen LogP contribution in [-0.4, -0.2) is 27.8 Å². The second-order valence-corrected chi connectivity index (χ2v) is 4.61. The lowest BCUT2D eigenvalue weighted by atomic mass is 10.2. The van der Waals surface area contributed by atoms with Crippen molar-refractivity contribution in [1.29, 1.82) is 0 Å². The van der Waals surface area contributed by atoms with Crippen molar-refractivity contribution in [2.45, 2.75) is 13.1 Å². The van der Waals surface area contributed by atoms with Crippen LogP contribution in [0.1, 0.15) is 11.3 Å². The Balaban J connectivity index is 1.77. The number of aryl methyl sites for hydroxylation is 1. The van der Waals surface area contributed by atoms with Crippen LogP contribution in [0, 0.1) is 0 Å². The summed E-state index contributed by atoms with van der Waals surface area (Å²) in [4.78, 5) is 2.39. The first-order valence-corrected chi connectivity index (χ1v) is 6.23. The van der Waals surface area contributed by atoms with Crippen LogP contribution >= 0.6 is 0 Å². The van der Waals surface area contributed by atoms with Gasteiger partial charge in [-0.3, -0.25) is 9.58 Å². The van der Waals surface area contributed by atoms with Crippen LogP contribution in [-0.2, 0) is 20.1 Å². The van der Waals surface area contributed by atoms with Crippen molar-refractivity contribution in [3.63, 3.8) is 0 Å². The fourth-order valence-corrected chi connectivity index (χ4v) is 2.30. The molecule has 0 unspecified atom stereocenters. The number of hydrogen-bond donors (Lipinski definition) is 0. The van der Waals surface area contributed by atoms with E-state index in [9.17, 15) is 0 Å². The molecule has 3 rings (SSSR count). The van der Waals surface area contributed by atoms with E-state index >= 15 is 0 Å². The molecule has 1 aromatic carbocycles. The summed E-state index contributed by atoms with van der Waals surface area (Å²) in [5, 5.41) is 4.21. The largest absolute Gasteiger partial charge is 0.492 e. The van der Waals surface area contributed by atoms with Gasteiger partial charge in [0.05, 0.1) is 5.69 Å². The van der Waals surface area contributed by atoms with Crippen LogP contribution in [0.15, 0.2) is 36.5 Å². The van der Waals surface area contributed by atoms with Gasteiger partial charge in [-0.1, -0.05) is 18.2 Å². The van der Waals surface area contributed by atoms with Crippen molar-refractivity contribution in [3.8, 4) is 5.75 Å². The molecule has 0 saturated heterocycles. The van der Waals surface area contributed by atoms with Gasteiger partial charge in [-0.2, -0.15) is 5.10 Å². The summed E-state index contributed by atoms with van der Waals surface area (Å²) in [5.74, 6) is 1.02. The Kier molecular flexibility index (Phi) is 3.02. The van der Waals surface area contributed by atoms with Crippen molar-refractivity contribution < 1.29 is 4.74 Å². The SMILES string of the molecule is Cn1nccc1CN1CCOc2ccccc2C1. The summed E-state index contributed by atoms with van der Waals surface area (Å²) < 4.78 is 7.69. The zero-order valence-electron chi connectivity index (χ0n) is 10.5. The molecule has 4 heteroatoms. The summed E-state index contributed by atoms with van der Waals surface area (Å²) >= 11 is 0. The van der Waals surface area contributed by atoms with Gasteiger partial charge in [0.2, 0.25) is 0 Å². The van der Waals surface area contributed by atoms with Gasteiger partial charge in [-0.25, -0.2) is 0 Å². The van der Waals surface area contributed by atoms with Crippen molar-refractivity contribution in [3.05, 3.63) is 47.8 Å². The standard InChI is InChI=1S/C14H17N3O/c1-16-13(6-7-15-16)11-17-8-9-18-14-5-3-2-4-12(14)10-17/h2-7H,8-11H2,1H3. The summed E-state index contributed by atoms with van der Waals surface area (Å²) in [6, 6.07) is 10.3. The molecule has 1 aliphatic heterocycles. The van der Waals surface area contributed by atoms with Gasteiger partial charge in [-0.05, 0) is 12.1 Å². The molecule has 0 N–H and O–H groups in total. The van der Waals surface area contributed by atoms with E-state index in [0.29, 0.717) is 0 Å². The van der Waals surface area contributed by atoms with E-state index in [2.05, 4.69) is 28.2 Å². The first-order chi connectivity index (χ1) is 8.83. The number of nitrogens with zero attached hydrogens (tertiary/aromatic N) is 3. The molecular weight excluding hydrogens is 226 g/mol. The topological polar surface area (TPSA) is 30.3 Å². The second-order valence-electron chi connectivity index (χ2n) is 4.61. The van der Waals surface area contributed by atoms with E-state index in [1.165, 1.54) is 11.3 Å². The van der Waals surface area contributed by atoms with Crippen molar-refractivity contribution >= 4 is 0 Å². The molecule has 1 aliphatic rings. The van der Waals surface area contributed by atoms with Crippen LogP contribution in [0.25, 0.3) is 0 Å². The van der Waals surface area contributed by atoms with Crippen LogP contribution in [0.3, 0.4) is 0 Å². The maximum absolute atomic E-state index is 5.76. The third kappa shape index (κ3) is 2.24. The van der Waals surface area contributed by atoms with Gasteiger partial charge in [0.1, 0.15) is 12.4 Å². The molecule has 0 amide bonds. The molecule has 2 aromatic rings. The smallest absolute Gasteiger partial charge is 0.123 e. The fourth-order valence-electron chi connectivity index (χ4n) is 2.30. The van der Waals surface area contributed by atoms with Gasteiger partial charge in [0.25, 0.3) is 0 Å². The van der Waals surface area contributed by atoms with E-state index in [-0.39, 0.29) is 0 Å². The number of benzene rings is 1. The number of aromatic nitrogens is 2. The maximum atomic E-state index is 5.76. The fraction of sp³-hybridized carbons (Fsp3) is 0.357. The van der Waals surface area contributed by atoms with Crippen molar-refractivity contribution in [1.82, 2.24) is 14.7 Å². The molecule has 0 bridgehead atoms. The molecule has 0 fully saturated rings.